The molecule has 4 rings (SSSR count). The van der Waals surface area contributed by atoms with Crippen LogP contribution in [0, 0.1) is 0 Å². The van der Waals surface area contributed by atoms with Crippen LogP contribution in [0.4, 0.5) is 0 Å². The fourth-order valence-electron chi connectivity index (χ4n) is 2.64. The molecule has 6 nitrogen and oxygen atoms in total. The average Bonchev–Trinajstić information content (AvgIpc) is 3.11. The van der Waals surface area contributed by atoms with E-state index in [1.807, 2.05) is 17.8 Å². The first kappa shape index (κ1) is 12.1. The van der Waals surface area contributed by atoms with E-state index in [1.54, 1.807) is 29.1 Å². The van der Waals surface area contributed by atoms with Crippen molar-refractivity contribution < 1.29 is 9.90 Å². The Bertz CT molecular complexity index is 858. The Balaban J connectivity index is 2.01. The van der Waals surface area contributed by atoms with Crippen LogP contribution < -0.4 is 0 Å². The van der Waals surface area contributed by atoms with Gasteiger partial charge in [-0.1, -0.05) is 0 Å². The maximum Gasteiger partial charge on any atom is 0.335 e. The molecule has 1 fully saturated rings. The van der Waals surface area contributed by atoms with Crippen LogP contribution in [-0.4, -0.2) is 30.4 Å². The second kappa shape index (κ2) is 4.18. The first-order valence-electron chi connectivity index (χ1n) is 6.88. The van der Waals surface area contributed by atoms with E-state index in [-0.39, 0.29) is 5.56 Å². The molecule has 106 valence electrons. The highest BCUT2D eigenvalue weighted by Gasteiger charge is 2.30. The number of carboxylic acid groups (broad SMARTS) is 1. The van der Waals surface area contributed by atoms with Gasteiger partial charge >= 0.3 is 5.97 Å². The first-order valence-corrected chi connectivity index (χ1v) is 6.88. The number of nitrogens with zero attached hydrogens (tertiary/aromatic N) is 4. The van der Waals surface area contributed by atoms with Crippen molar-refractivity contribution in [1.82, 2.24) is 19.3 Å². The number of benzene rings is 1. The van der Waals surface area contributed by atoms with Gasteiger partial charge in [-0.15, -0.1) is 0 Å². The number of imidazole rings is 1. The molecule has 1 aromatic carbocycles. The van der Waals surface area contributed by atoms with Crippen molar-refractivity contribution in [3.05, 3.63) is 42.0 Å². The topological polar surface area (TPSA) is 72.9 Å². The Kier molecular flexibility index (Phi) is 2.42. The summed E-state index contributed by atoms with van der Waals surface area (Å²) in [6.45, 7) is 0. The molecule has 0 atom stereocenters. The van der Waals surface area contributed by atoms with Gasteiger partial charge < -0.3 is 5.11 Å². The van der Waals surface area contributed by atoms with E-state index < -0.39 is 5.97 Å². The van der Waals surface area contributed by atoms with Crippen molar-refractivity contribution in [2.75, 3.05) is 0 Å². The lowest BCUT2D eigenvalue weighted by molar-refractivity contribution is 0.0697. The Morgan fingerprint density at radius 2 is 2.19 bits per heavy atom. The molecule has 0 aliphatic heterocycles. The van der Waals surface area contributed by atoms with Crippen LogP contribution in [0.25, 0.3) is 16.7 Å². The summed E-state index contributed by atoms with van der Waals surface area (Å²) in [5.41, 5.74) is 2.84. The summed E-state index contributed by atoms with van der Waals surface area (Å²) in [4.78, 5) is 15.9. The molecule has 0 bridgehead atoms. The molecule has 0 radical (unpaired) electrons. The first-order chi connectivity index (χ1) is 10.1. The third-order valence-electron chi connectivity index (χ3n) is 3.82. The van der Waals surface area contributed by atoms with Crippen molar-refractivity contribution in [2.24, 2.45) is 7.05 Å². The summed E-state index contributed by atoms with van der Waals surface area (Å²) in [5, 5.41) is 13.4. The lowest BCUT2D eigenvalue weighted by Gasteiger charge is -2.05. The highest BCUT2D eigenvalue weighted by molar-refractivity contribution is 5.93. The minimum absolute atomic E-state index is 0.273. The molecular weight excluding hydrogens is 268 g/mol. The maximum absolute atomic E-state index is 11.2. The van der Waals surface area contributed by atoms with Crippen LogP contribution in [0.1, 0.15) is 34.9 Å². The summed E-state index contributed by atoms with van der Waals surface area (Å²) < 4.78 is 3.77. The Labute approximate surface area is 120 Å². The van der Waals surface area contributed by atoms with Crippen LogP contribution in [0.5, 0.6) is 0 Å². The average molecular weight is 282 g/mol. The molecule has 21 heavy (non-hydrogen) atoms. The number of aryl methyl sites for hydroxylation is 1. The molecule has 2 heterocycles. The van der Waals surface area contributed by atoms with E-state index in [0.29, 0.717) is 5.92 Å². The summed E-state index contributed by atoms with van der Waals surface area (Å²) in [6, 6.07) is 5.06. The Hall–Kier alpha value is -2.63. The van der Waals surface area contributed by atoms with E-state index in [4.69, 9.17) is 4.98 Å². The number of aromatic carboxylic acids is 1. The Morgan fingerprint density at radius 1 is 1.38 bits per heavy atom. The van der Waals surface area contributed by atoms with Gasteiger partial charge in [-0.3, -0.25) is 9.25 Å². The van der Waals surface area contributed by atoms with Gasteiger partial charge in [0.2, 0.25) is 0 Å². The summed E-state index contributed by atoms with van der Waals surface area (Å²) >= 11 is 0. The third kappa shape index (κ3) is 1.91. The van der Waals surface area contributed by atoms with Gasteiger partial charge in [0, 0.05) is 19.2 Å². The van der Waals surface area contributed by atoms with Gasteiger partial charge in [0.1, 0.15) is 5.82 Å². The van der Waals surface area contributed by atoms with Crippen LogP contribution in [-0.2, 0) is 7.05 Å². The SMILES string of the molecule is Cn1cc(-n2c(C3CC3)nc3ccc(C(=O)O)cc32)cn1. The lowest BCUT2D eigenvalue weighted by atomic mass is 10.2. The van der Waals surface area contributed by atoms with Crippen LogP contribution in [0.3, 0.4) is 0 Å². The predicted octanol–water partition coefficient (Wildman–Crippen LogP) is 2.33. The smallest absolute Gasteiger partial charge is 0.335 e. The molecule has 0 spiro atoms. The van der Waals surface area contributed by atoms with Gasteiger partial charge in [0.15, 0.2) is 0 Å². The lowest BCUT2D eigenvalue weighted by Crippen LogP contribution is -2.00. The molecule has 1 saturated carbocycles. The molecule has 3 aromatic rings. The zero-order valence-corrected chi connectivity index (χ0v) is 11.5. The number of hydrogen-bond donors (Lipinski definition) is 1. The molecule has 6 heteroatoms. The number of aromatic nitrogens is 4. The highest BCUT2D eigenvalue weighted by Crippen LogP contribution is 2.41. The molecule has 0 unspecified atom stereocenters. The maximum atomic E-state index is 11.2. The van der Waals surface area contributed by atoms with Crippen molar-refractivity contribution in [3.63, 3.8) is 0 Å². The van der Waals surface area contributed by atoms with Gasteiger partial charge in [-0.05, 0) is 31.0 Å². The minimum atomic E-state index is -0.927. The van der Waals surface area contributed by atoms with Gasteiger partial charge in [-0.25, -0.2) is 9.78 Å². The van der Waals surface area contributed by atoms with Gasteiger partial charge in [-0.2, -0.15) is 5.10 Å². The molecule has 1 aliphatic carbocycles. The monoisotopic (exact) mass is 282 g/mol. The number of rotatable bonds is 3. The van der Waals surface area contributed by atoms with E-state index in [0.717, 1.165) is 35.4 Å². The molecule has 1 N–H and O–H groups in total. The number of fused-ring (bicyclic) bond motifs is 1. The molecule has 1 aliphatic rings. The summed E-state index contributed by atoms with van der Waals surface area (Å²) in [6.07, 6.45) is 5.96. The second-order valence-electron chi connectivity index (χ2n) is 5.46. The van der Waals surface area contributed by atoms with Crippen molar-refractivity contribution in [2.45, 2.75) is 18.8 Å². The quantitative estimate of drug-likeness (QED) is 0.800. The Morgan fingerprint density at radius 3 is 2.81 bits per heavy atom. The van der Waals surface area contributed by atoms with E-state index in [2.05, 4.69) is 5.10 Å². The largest absolute Gasteiger partial charge is 0.478 e. The van der Waals surface area contributed by atoms with Crippen LogP contribution >= 0.6 is 0 Å². The summed E-state index contributed by atoms with van der Waals surface area (Å²) in [5.74, 6) is 0.537. The zero-order chi connectivity index (χ0) is 14.6. The molecule has 0 saturated heterocycles. The fraction of sp³-hybridized carbons (Fsp3) is 0.267. The van der Waals surface area contributed by atoms with Crippen molar-refractivity contribution >= 4 is 17.0 Å². The minimum Gasteiger partial charge on any atom is -0.478 e. The van der Waals surface area contributed by atoms with E-state index in [9.17, 15) is 9.90 Å². The van der Waals surface area contributed by atoms with Gasteiger partial charge in [0.25, 0.3) is 0 Å². The number of hydrogen-bond acceptors (Lipinski definition) is 3. The van der Waals surface area contributed by atoms with Crippen LogP contribution in [0.15, 0.2) is 30.6 Å². The third-order valence-corrected chi connectivity index (χ3v) is 3.82. The zero-order valence-electron chi connectivity index (χ0n) is 11.5. The number of carboxylic acids is 1. The molecule has 0 amide bonds. The second-order valence-corrected chi connectivity index (χ2v) is 5.46. The molecule has 2 aromatic heterocycles. The van der Waals surface area contributed by atoms with E-state index >= 15 is 0 Å². The number of carbonyl (C=O) groups is 1. The molecular formula is C15H14N4O2. The normalized spacial score (nSPS) is 14.7. The predicted molar refractivity (Wildman–Crippen MR) is 76.8 cm³/mol. The van der Waals surface area contributed by atoms with Crippen LogP contribution in [0.2, 0.25) is 0 Å². The standard InChI is InChI=1S/C15H14N4O2/c1-18-8-11(7-16-18)19-13-6-10(15(20)21)4-5-12(13)17-14(19)9-2-3-9/h4-9H,2-3H2,1H3,(H,20,21). The van der Waals surface area contributed by atoms with E-state index in [1.165, 1.54) is 0 Å². The summed E-state index contributed by atoms with van der Waals surface area (Å²) in [7, 11) is 1.86. The van der Waals surface area contributed by atoms with Crippen molar-refractivity contribution in [3.8, 4) is 5.69 Å². The van der Waals surface area contributed by atoms with Gasteiger partial charge in [0.05, 0.1) is 28.5 Å². The highest BCUT2D eigenvalue weighted by atomic mass is 16.4. The fourth-order valence-corrected chi connectivity index (χ4v) is 2.64. The van der Waals surface area contributed by atoms with Crippen molar-refractivity contribution in [1.29, 1.82) is 0 Å².